The lowest BCUT2D eigenvalue weighted by Gasteiger charge is -2.32. The van der Waals surface area contributed by atoms with Gasteiger partial charge in [0.15, 0.2) is 4.34 Å². The molecule has 6 heteroatoms. The van der Waals surface area contributed by atoms with Crippen molar-refractivity contribution in [1.29, 1.82) is 0 Å². The van der Waals surface area contributed by atoms with E-state index in [-0.39, 0.29) is 5.91 Å². The molecule has 1 aliphatic rings. The monoisotopic (exact) mass is 425 g/mol. The fourth-order valence-corrected chi connectivity index (χ4v) is 5.72. The van der Waals surface area contributed by atoms with Gasteiger partial charge in [-0.05, 0) is 55.6 Å². The molecule has 4 rings (SSSR count). The van der Waals surface area contributed by atoms with Gasteiger partial charge in [0.2, 0.25) is 0 Å². The molecule has 0 bridgehead atoms. The van der Waals surface area contributed by atoms with Crippen molar-refractivity contribution in [3.63, 3.8) is 0 Å². The van der Waals surface area contributed by atoms with Crippen LogP contribution in [0.2, 0.25) is 0 Å². The van der Waals surface area contributed by atoms with Crippen molar-refractivity contribution in [3.05, 3.63) is 59.7 Å². The number of likely N-dealkylation sites (tertiary alicyclic amines) is 1. The fourth-order valence-electron chi connectivity index (χ4n) is 3.70. The van der Waals surface area contributed by atoms with Crippen molar-refractivity contribution in [2.24, 2.45) is 0 Å². The number of amides is 1. The molecule has 0 aliphatic carbocycles. The number of fused-ring (bicyclic) bond motifs is 1. The molecule has 0 saturated carbocycles. The van der Waals surface area contributed by atoms with Gasteiger partial charge in [0, 0.05) is 30.4 Å². The average Bonchev–Trinajstić information content (AvgIpc) is 3.17. The molecule has 2 heterocycles. The molecule has 0 unspecified atom stereocenters. The molecule has 0 radical (unpaired) electrons. The highest BCUT2D eigenvalue weighted by atomic mass is 32.2. The Morgan fingerprint density at radius 2 is 1.93 bits per heavy atom. The SMILES string of the molecule is CCCN1CCC(NC(=O)c2ccc(CSc3nc4ccccc4s3)cc2)CC1. The maximum absolute atomic E-state index is 12.6. The van der Waals surface area contributed by atoms with Crippen LogP contribution in [0.1, 0.15) is 42.1 Å². The molecular formula is C23H27N3OS2. The highest BCUT2D eigenvalue weighted by Gasteiger charge is 2.20. The van der Waals surface area contributed by atoms with Crippen LogP contribution in [0.4, 0.5) is 0 Å². The first kappa shape index (κ1) is 20.4. The summed E-state index contributed by atoms with van der Waals surface area (Å²) in [5.74, 6) is 0.904. The number of benzene rings is 2. The molecule has 29 heavy (non-hydrogen) atoms. The second-order valence-electron chi connectivity index (χ2n) is 7.52. The molecule has 1 N–H and O–H groups in total. The Kier molecular flexibility index (Phi) is 6.85. The topological polar surface area (TPSA) is 45.2 Å². The molecule has 3 aromatic rings. The third kappa shape index (κ3) is 5.38. The summed E-state index contributed by atoms with van der Waals surface area (Å²) in [6.45, 7) is 5.55. The van der Waals surface area contributed by atoms with E-state index in [1.54, 1.807) is 23.1 Å². The highest BCUT2D eigenvalue weighted by Crippen LogP contribution is 2.31. The third-order valence-electron chi connectivity index (χ3n) is 5.32. The molecule has 1 aliphatic heterocycles. The number of carbonyl (C=O) groups is 1. The van der Waals surface area contributed by atoms with Crippen molar-refractivity contribution in [2.45, 2.75) is 42.3 Å². The van der Waals surface area contributed by atoms with Crippen LogP contribution in [0, 0.1) is 0 Å². The summed E-state index contributed by atoms with van der Waals surface area (Å²) >= 11 is 3.48. The van der Waals surface area contributed by atoms with Gasteiger partial charge in [0.1, 0.15) is 0 Å². The number of rotatable bonds is 7. The largest absolute Gasteiger partial charge is 0.349 e. The number of aromatic nitrogens is 1. The number of nitrogens with zero attached hydrogens (tertiary/aromatic N) is 2. The van der Waals surface area contributed by atoms with E-state index in [0.29, 0.717) is 6.04 Å². The van der Waals surface area contributed by atoms with Gasteiger partial charge in [-0.3, -0.25) is 4.79 Å². The summed E-state index contributed by atoms with van der Waals surface area (Å²) in [7, 11) is 0. The van der Waals surface area contributed by atoms with Crippen LogP contribution in [-0.4, -0.2) is 41.5 Å². The molecule has 0 atom stereocenters. The van der Waals surface area contributed by atoms with Gasteiger partial charge in [-0.25, -0.2) is 4.98 Å². The maximum atomic E-state index is 12.6. The lowest BCUT2D eigenvalue weighted by atomic mass is 10.0. The predicted octanol–water partition coefficient (Wildman–Crippen LogP) is 5.19. The molecule has 1 fully saturated rings. The van der Waals surface area contributed by atoms with Crippen LogP contribution in [0.5, 0.6) is 0 Å². The normalized spacial score (nSPS) is 15.6. The number of hydrogen-bond donors (Lipinski definition) is 1. The summed E-state index contributed by atoms with van der Waals surface area (Å²) in [6.07, 6.45) is 3.28. The van der Waals surface area contributed by atoms with Crippen molar-refractivity contribution in [3.8, 4) is 0 Å². The standard InChI is InChI=1S/C23H27N3OS2/c1-2-13-26-14-11-19(12-15-26)24-22(27)18-9-7-17(8-10-18)16-28-23-25-20-5-3-4-6-21(20)29-23/h3-10,19H,2,11-16H2,1H3,(H,24,27). The quantitative estimate of drug-likeness (QED) is 0.529. The molecule has 1 aromatic heterocycles. The van der Waals surface area contributed by atoms with E-state index < -0.39 is 0 Å². The zero-order valence-electron chi connectivity index (χ0n) is 16.8. The number of carbonyl (C=O) groups excluding carboxylic acids is 1. The van der Waals surface area contributed by atoms with E-state index in [2.05, 4.69) is 46.4 Å². The van der Waals surface area contributed by atoms with Gasteiger partial charge in [0.25, 0.3) is 5.91 Å². The van der Waals surface area contributed by atoms with Gasteiger partial charge < -0.3 is 10.2 Å². The van der Waals surface area contributed by atoms with Crippen LogP contribution in [0.3, 0.4) is 0 Å². The number of thiazole rings is 1. The van der Waals surface area contributed by atoms with Gasteiger partial charge in [0.05, 0.1) is 10.2 Å². The summed E-state index contributed by atoms with van der Waals surface area (Å²) in [5.41, 5.74) is 3.01. The van der Waals surface area contributed by atoms with E-state index in [1.165, 1.54) is 16.7 Å². The van der Waals surface area contributed by atoms with E-state index in [4.69, 9.17) is 0 Å². The molecule has 152 valence electrons. The van der Waals surface area contributed by atoms with E-state index in [1.807, 2.05) is 24.3 Å². The van der Waals surface area contributed by atoms with Crippen LogP contribution in [0.15, 0.2) is 52.9 Å². The van der Waals surface area contributed by atoms with Crippen LogP contribution in [0.25, 0.3) is 10.2 Å². The van der Waals surface area contributed by atoms with Crippen LogP contribution < -0.4 is 5.32 Å². The van der Waals surface area contributed by atoms with E-state index >= 15 is 0 Å². The number of thioether (sulfide) groups is 1. The fraction of sp³-hybridized carbons (Fsp3) is 0.391. The molecule has 1 saturated heterocycles. The van der Waals surface area contributed by atoms with Crippen LogP contribution in [-0.2, 0) is 5.75 Å². The van der Waals surface area contributed by atoms with Crippen molar-refractivity contribution in [2.75, 3.05) is 19.6 Å². The number of nitrogens with one attached hydrogen (secondary N) is 1. The Balaban J connectivity index is 1.27. The van der Waals surface area contributed by atoms with Gasteiger partial charge in [-0.1, -0.05) is 43.0 Å². The molecule has 0 spiro atoms. The number of para-hydroxylation sites is 1. The first-order chi connectivity index (χ1) is 14.2. The van der Waals surface area contributed by atoms with Crippen molar-refractivity contribution in [1.82, 2.24) is 15.2 Å². The van der Waals surface area contributed by atoms with Crippen molar-refractivity contribution >= 4 is 39.2 Å². The third-order valence-corrected chi connectivity index (χ3v) is 7.57. The smallest absolute Gasteiger partial charge is 0.251 e. The molecule has 2 aromatic carbocycles. The first-order valence-electron chi connectivity index (χ1n) is 10.3. The molecule has 1 amide bonds. The summed E-state index contributed by atoms with van der Waals surface area (Å²) in [5, 5.41) is 3.21. The minimum Gasteiger partial charge on any atom is -0.349 e. The number of piperidine rings is 1. The maximum Gasteiger partial charge on any atom is 0.251 e. The summed E-state index contributed by atoms with van der Waals surface area (Å²) in [4.78, 5) is 19.7. The molecular weight excluding hydrogens is 398 g/mol. The first-order valence-corrected chi connectivity index (χ1v) is 12.1. The summed E-state index contributed by atoms with van der Waals surface area (Å²) < 4.78 is 2.31. The minimum absolute atomic E-state index is 0.0457. The van der Waals surface area contributed by atoms with Gasteiger partial charge in [-0.2, -0.15) is 0 Å². The Morgan fingerprint density at radius 1 is 1.17 bits per heavy atom. The second kappa shape index (κ2) is 9.74. The van der Waals surface area contributed by atoms with E-state index in [9.17, 15) is 4.79 Å². The summed E-state index contributed by atoms with van der Waals surface area (Å²) in [6, 6.07) is 16.5. The van der Waals surface area contributed by atoms with Crippen LogP contribution >= 0.6 is 23.1 Å². The lowest BCUT2D eigenvalue weighted by molar-refractivity contribution is 0.0911. The number of hydrogen-bond acceptors (Lipinski definition) is 5. The zero-order chi connectivity index (χ0) is 20.1. The van der Waals surface area contributed by atoms with Gasteiger partial charge in [-0.15, -0.1) is 11.3 Å². The average molecular weight is 426 g/mol. The zero-order valence-corrected chi connectivity index (χ0v) is 18.4. The Bertz CT molecular complexity index is 913. The van der Waals surface area contributed by atoms with Crippen molar-refractivity contribution < 1.29 is 4.79 Å². The minimum atomic E-state index is 0.0457. The Morgan fingerprint density at radius 3 is 2.66 bits per heavy atom. The Hall–Kier alpha value is -1.89. The molecule has 4 nitrogen and oxygen atoms in total. The van der Waals surface area contributed by atoms with E-state index in [0.717, 1.165) is 53.6 Å². The Labute approximate surface area is 180 Å². The highest BCUT2D eigenvalue weighted by molar-refractivity contribution is 8.00. The lowest BCUT2D eigenvalue weighted by Crippen LogP contribution is -2.44. The second-order valence-corrected chi connectivity index (χ2v) is 9.78. The predicted molar refractivity (Wildman–Crippen MR) is 123 cm³/mol. The van der Waals surface area contributed by atoms with Gasteiger partial charge >= 0.3 is 0 Å².